The van der Waals surface area contributed by atoms with Gasteiger partial charge in [-0.1, -0.05) is 13.3 Å². The van der Waals surface area contributed by atoms with Gasteiger partial charge >= 0.3 is 0 Å². The molecule has 1 aliphatic heterocycles. The van der Waals surface area contributed by atoms with Gasteiger partial charge < -0.3 is 16.0 Å². The number of hydrogen-bond acceptors (Lipinski definition) is 3. The Kier molecular flexibility index (Phi) is 4.62. The molecule has 1 saturated carbocycles. The van der Waals surface area contributed by atoms with Crippen molar-refractivity contribution in [2.24, 2.45) is 11.7 Å². The number of primary amides is 1. The van der Waals surface area contributed by atoms with Crippen molar-refractivity contribution < 1.29 is 4.79 Å². The van der Waals surface area contributed by atoms with E-state index in [1.54, 1.807) is 0 Å². The second-order valence-corrected chi connectivity index (χ2v) is 5.87. The van der Waals surface area contributed by atoms with Crippen molar-refractivity contribution in [1.29, 1.82) is 0 Å². The summed E-state index contributed by atoms with van der Waals surface area (Å²) in [5.41, 5.74) is 5.28. The Morgan fingerprint density at radius 2 is 2.00 bits per heavy atom. The van der Waals surface area contributed by atoms with E-state index in [-0.39, 0.29) is 5.91 Å². The molecule has 2 rings (SSSR count). The molecule has 1 saturated heterocycles. The molecule has 2 fully saturated rings. The zero-order valence-corrected chi connectivity index (χ0v) is 11.6. The largest absolute Gasteiger partial charge is 0.368 e. The summed E-state index contributed by atoms with van der Waals surface area (Å²) in [6, 6.07) is 0. The Bertz CT molecular complexity index is 285. The summed E-state index contributed by atoms with van der Waals surface area (Å²) in [4.78, 5) is 14.4. The van der Waals surface area contributed by atoms with Gasteiger partial charge in [-0.05, 0) is 57.7 Å². The van der Waals surface area contributed by atoms with Crippen molar-refractivity contribution in [3.8, 4) is 0 Å². The van der Waals surface area contributed by atoms with Crippen LogP contribution in [-0.4, -0.2) is 42.5 Å². The third kappa shape index (κ3) is 3.04. The van der Waals surface area contributed by atoms with E-state index < -0.39 is 5.54 Å². The van der Waals surface area contributed by atoms with Crippen molar-refractivity contribution >= 4 is 5.91 Å². The number of likely N-dealkylation sites (tertiary alicyclic amines) is 1. The lowest BCUT2D eigenvalue weighted by molar-refractivity contribution is -0.126. The number of carbonyl (C=O) groups excluding carboxylic acids is 1. The van der Waals surface area contributed by atoms with Crippen LogP contribution in [-0.2, 0) is 4.79 Å². The molecule has 4 nitrogen and oxygen atoms in total. The molecule has 0 bridgehead atoms. The number of nitrogens with two attached hydrogens (primary N) is 1. The third-order valence-electron chi connectivity index (χ3n) is 4.33. The second kappa shape index (κ2) is 6.02. The minimum Gasteiger partial charge on any atom is -0.368 e. The van der Waals surface area contributed by atoms with Gasteiger partial charge in [-0.3, -0.25) is 4.79 Å². The zero-order chi connectivity index (χ0) is 13.0. The number of piperidine rings is 1. The first-order valence-electron chi connectivity index (χ1n) is 7.46. The third-order valence-corrected chi connectivity index (χ3v) is 4.33. The van der Waals surface area contributed by atoms with Gasteiger partial charge in [0.05, 0.1) is 0 Å². The maximum atomic E-state index is 12.0. The molecule has 4 heteroatoms. The van der Waals surface area contributed by atoms with Crippen LogP contribution in [0.25, 0.3) is 0 Å². The maximum absolute atomic E-state index is 12.0. The number of carbonyl (C=O) groups is 1. The fourth-order valence-corrected chi connectivity index (χ4v) is 3.09. The van der Waals surface area contributed by atoms with E-state index in [9.17, 15) is 4.79 Å². The van der Waals surface area contributed by atoms with Crippen LogP contribution in [0.1, 0.15) is 45.4 Å². The van der Waals surface area contributed by atoms with E-state index in [0.29, 0.717) is 5.92 Å². The molecule has 104 valence electrons. The fraction of sp³-hybridized carbons (Fsp3) is 0.929. The Balaban J connectivity index is 2.03. The van der Waals surface area contributed by atoms with Crippen LogP contribution in [0.2, 0.25) is 0 Å². The van der Waals surface area contributed by atoms with E-state index in [4.69, 9.17) is 5.73 Å². The molecule has 0 aromatic carbocycles. The van der Waals surface area contributed by atoms with Crippen molar-refractivity contribution in [2.75, 3.05) is 26.2 Å². The molecule has 1 unspecified atom stereocenters. The predicted molar refractivity (Wildman–Crippen MR) is 73.2 cm³/mol. The van der Waals surface area contributed by atoms with Gasteiger partial charge in [0.2, 0.25) is 5.91 Å². The first-order valence-corrected chi connectivity index (χ1v) is 7.46. The van der Waals surface area contributed by atoms with Crippen LogP contribution in [0, 0.1) is 5.92 Å². The molecule has 0 spiro atoms. The molecule has 2 aliphatic rings. The summed E-state index contributed by atoms with van der Waals surface area (Å²) in [6.07, 6.45) is 7.18. The number of nitrogens with zero attached hydrogens (tertiary/aromatic N) is 1. The summed E-state index contributed by atoms with van der Waals surface area (Å²) in [5.74, 6) is 0.312. The highest BCUT2D eigenvalue weighted by Crippen LogP contribution is 2.40. The van der Waals surface area contributed by atoms with E-state index in [1.165, 1.54) is 19.3 Å². The van der Waals surface area contributed by atoms with Crippen molar-refractivity contribution in [1.82, 2.24) is 10.2 Å². The average molecular weight is 253 g/mol. The first-order chi connectivity index (χ1) is 8.69. The zero-order valence-electron chi connectivity index (χ0n) is 11.6. The molecular weight excluding hydrogens is 226 g/mol. The molecule has 18 heavy (non-hydrogen) atoms. The van der Waals surface area contributed by atoms with Crippen molar-refractivity contribution in [3.05, 3.63) is 0 Å². The monoisotopic (exact) mass is 253 g/mol. The fourth-order valence-electron chi connectivity index (χ4n) is 3.09. The van der Waals surface area contributed by atoms with Crippen molar-refractivity contribution in [3.63, 3.8) is 0 Å². The summed E-state index contributed by atoms with van der Waals surface area (Å²) < 4.78 is 0. The molecule has 0 aromatic heterocycles. The van der Waals surface area contributed by atoms with Crippen LogP contribution in [0.3, 0.4) is 0 Å². The summed E-state index contributed by atoms with van der Waals surface area (Å²) in [7, 11) is 0. The molecule has 3 N–H and O–H groups in total. The molecule has 0 radical (unpaired) electrons. The molecule has 1 aliphatic carbocycles. The lowest BCUT2D eigenvalue weighted by Crippen LogP contribution is -2.63. The molecule has 1 amide bonds. The minimum atomic E-state index is -0.465. The number of rotatable bonds is 7. The smallest absolute Gasteiger partial charge is 0.239 e. The molecule has 1 atom stereocenters. The van der Waals surface area contributed by atoms with E-state index in [1.807, 2.05) is 0 Å². The molecular formula is C14H27N3O. The number of amides is 1. The van der Waals surface area contributed by atoms with Gasteiger partial charge in [-0.25, -0.2) is 0 Å². The first kappa shape index (κ1) is 13.8. The van der Waals surface area contributed by atoms with E-state index >= 15 is 0 Å². The highest BCUT2D eigenvalue weighted by Gasteiger charge is 2.50. The Labute approximate surface area is 110 Å². The highest BCUT2D eigenvalue weighted by atomic mass is 16.1. The van der Waals surface area contributed by atoms with Crippen LogP contribution >= 0.6 is 0 Å². The second-order valence-electron chi connectivity index (χ2n) is 5.87. The Morgan fingerprint density at radius 1 is 1.33 bits per heavy atom. The lowest BCUT2D eigenvalue weighted by Gasteiger charge is -2.38. The maximum Gasteiger partial charge on any atom is 0.239 e. The standard InChI is InChI=1S/C14H27N3O/c1-2-8-16-14(13(15)18,12-6-7-12)11-17-9-4-3-5-10-17/h12,16H,2-11H2,1H3,(H2,15,18). The Hall–Kier alpha value is -0.610. The van der Waals surface area contributed by atoms with Gasteiger partial charge in [0, 0.05) is 6.54 Å². The Morgan fingerprint density at radius 3 is 2.50 bits per heavy atom. The van der Waals surface area contributed by atoms with Crippen LogP contribution in [0.15, 0.2) is 0 Å². The van der Waals surface area contributed by atoms with Crippen LogP contribution in [0.5, 0.6) is 0 Å². The SMILES string of the molecule is CCCNC(CN1CCCCC1)(C(N)=O)C1CC1. The normalized spacial score (nSPS) is 24.7. The van der Waals surface area contributed by atoms with Gasteiger partial charge in [-0.15, -0.1) is 0 Å². The van der Waals surface area contributed by atoms with Gasteiger partial charge in [0.15, 0.2) is 0 Å². The minimum absolute atomic E-state index is 0.149. The average Bonchev–Trinajstić information content (AvgIpc) is 3.20. The summed E-state index contributed by atoms with van der Waals surface area (Å²) in [5, 5.41) is 3.48. The van der Waals surface area contributed by atoms with E-state index in [2.05, 4.69) is 17.1 Å². The van der Waals surface area contributed by atoms with Gasteiger partial charge in [-0.2, -0.15) is 0 Å². The van der Waals surface area contributed by atoms with Crippen molar-refractivity contribution in [2.45, 2.75) is 51.0 Å². The quantitative estimate of drug-likeness (QED) is 0.714. The van der Waals surface area contributed by atoms with Crippen LogP contribution in [0.4, 0.5) is 0 Å². The number of hydrogen-bond donors (Lipinski definition) is 2. The summed E-state index contributed by atoms with van der Waals surface area (Å²) >= 11 is 0. The lowest BCUT2D eigenvalue weighted by atomic mass is 9.90. The van der Waals surface area contributed by atoms with E-state index in [0.717, 1.165) is 45.4 Å². The van der Waals surface area contributed by atoms with Crippen LogP contribution < -0.4 is 11.1 Å². The molecule has 0 aromatic rings. The van der Waals surface area contributed by atoms with Gasteiger partial charge in [0.1, 0.15) is 5.54 Å². The number of nitrogens with one attached hydrogen (secondary N) is 1. The highest BCUT2D eigenvalue weighted by molar-refractivity contribution is 5.86. The predicted octanol–water partition coefficient (Wildman–Crippen LogP) is 1.11. The van der Waals surface area contributed by atoms with Gasteiger partial charge in [0.25, 0.3) is 0 Å². The topological polar surface area (TPSA) is 58.4 Å². The summed E-state index contributed by atoms with van der Waals surface area (Å²) in [6.45, 7) is 6.07. The molecule has 1 heterocycles.